The number of carbonyl (C=O) groups excluding carboxylic acids is 1. The summed E-state index contributed by atoms with van der Waals surface area (Å²) in [5.41, 5.74) is 1.55. The number of hydrogen-bond acceptors (Lipinski definition) is 5. The molecular formula is C12H18N4O3S. The summed E-state index contributed by atoms with van der Waals surface area (Å²) in [6, 6.07) is 0.826. The number of aryl methyl sites for hydroxylation is 2. The largest absolute Gasteiger partial charge is 0.362 e. The fraction of sp³-hybridized carbons (Fsp3) is 0.417. The summed E-state index contributed by atoms with van der Waals surface area (Å²) in [6.07, 6.45) is 3.14. The fourth-order valence-electron chi connectivity index (χ4n) is 1.16. The normalized spacial score (nSPS) is 8.95. The predicted octanol–water partition coefficient (Wildman–Crippen LogP) is 2.39. The summed E-state index contributed by atoms with van der Waals surface area (Å²) in [5, 5.41) is 2.20. The van der Waals surface area contributed by atoms with Crippen LogP contribution in [0.3, 0.4) is 0 Å². The monoisotopic (exact) mass is 298 g/mol. The van der Waals surface area contributed by atoms with Crippen molar-refractivity contribution in [1.29, 1.82) is 0 Å². The Labute approximate surface area is 119 Å². The quantitative estimate of drug-likeness (QED) is 0.863. The Morgan fingerprint density at radius 1 is 1.35 bits per heavy atom. The highest BCUT2D eigenvalue weighted by molar-refractivity contribution is 7.62. The van der Waals surface area contributed by atoms with E-state index < -0.39 is 16.5 Å². The van der Waals surface area contributed by atoms with Crippen molar-refractivity contribution in [3.63, 3.8) is 0 Å². The number of hydrogen-bond donors (Lipinski definition) is 1. The topological polar surface area (TPSA) is 101 Å². The lowest BCUT2D eigenvalue weighted by Gasteiger charge is -2.04. The molecule has 2 amide bonds. The number of allylic oxidation sites excluding steroid dienone is 1. The Morgan fingerprint density at radius 2 is 1.80 bits per heavy atom. The summed E-state index contributed by atoms with van der Waals surface area (Å²) in [6.45, 7) is 9.09. The Morgan fingerprint density at radius 3 is 2.15 bits per heavy atom. The van der Waals surface area contributed by atoms with Crippen LogP contribution in [-0.2, 0) is 23.3 Å². The predicted molar refractivity (Wildman–Crippen MR) is 77.0 cm³/mol. The zero-order valence-electron chi connectivity index (χ0n) is 11.8. The van der Waals surface area contributed by atoms with E-state index in [0.717, 1.165) is 11.4 Å². The van der Waals surface area contributed by atoms with Crippen LogP contribution < -0.4 is 5.32 Å². The highest BCUT2D eigenvalue weighted by Crippen LogP contribution is 2.07. The molecule has 1 heterocycles. The number of nitrogens with one attached hydrogen (secondary N) is 1. The second-order valence-corrected chi connectivity index (χ2v) is 4.14. The lowest BCUT2D eigenvalue weighted by molar-refractivity contribution is 0.259. The summed E-state index contributed by atoms with van der Waals surface area (Å²) < 4.78 is 23.1. The van der Waals surface area contributed by atoms with Gasteiger partial charge in [-0.2, -0.15) is 8.42 Å². The van der Waals surface area contributed by atoms with Gasteiger partial charge in [0.1, 0.15) is 0 Å². The van der Waals surface area contributed by atoms with Gasteiger partial charge in [-0.1, -0.05) is 24.3 Å². The molecule has 8 heteroatoms. The Balaban J connectivity index is 0.00000110. The molecule has 0 aromatic carbocycles. The van der Waals surface area contributed by atoms with E-state index in [-0.39, 0.29) is 5.95 Å². The minimum Gasteiger partial charge on any atom is -0.273 e. The molecule has 0 radical (unpaired) electrons. The third-order valence-corrected chi connectivity index (χ3v) is 2.25. The smallest absolute Gasteiger partial charge is 0.273 e. The van der Waals surface area contributed by atoms with Gasteiger partial charge in [0.2, 0.25) is 5.95 Å². The van der Waals surface area contributed by atoms with Crippen LogP contribution in [0, 0.1) is 0 Å². The molecule has 110 valence electrons. The van der Waals surface area contributed by atoms with E-state index in [4.69, 9.17) is 0 Å². The molecule has 0 atom stereocenters. The molecule has 1 N–H and O–H groups in total. The van der Waals surface area contributed by atoms with Gasteiger partial charge in [-0.05, 0) is 25.8 Å². The Hall–Kier alpha value is -2.09. The first-order chi connectivity index (χ1) is 9.46. The zero-order chi connectivity index (χ0) is 15.5. The second kappa shape index (κ2) is 9.79. The van der Waals surface area contributed by atoms with Crippen LogP contribution in [0.15, 0.2) is 23.1 Å². The maximum atomic E-state index is 11.1. The number of anilines is 1. The van der Waals surface area contributed by atoms with Crippen LogP contribution >= 0.6 is 0 Å². The second-order valence-electron chi connectivity index (χ2n) is 3.53. The average Bonchev–Trinajstić information content (AvgIpc) is 2.38. The van der Waals surface area contributed by atoms with Gasteiger partial charge in [0, 0.05) is 11.4 Å². The summed E-state index contributed by atoms with van der Waals surface area (Å²) >= 11 is 0. The van der Waals surface area contributed by atoms with E-state index in [2.05, 4.69) is 26.2 Å². The fourth-order valence-corrected chi connectivity index (χ4v) is 1.34. The van der Waals surface area contributed by atoms with Crippen LogP contribution in [0.4, 0.5) is 10.7 Å². The van der Waals surface area contributed by atoms with Crippen LogP contribution in [0.25, 0.3) is 0 Å². The van der Waals surface area contributed by atoms with E-state index in [1.54, 1.807) is 6.08 Å². The number of urea groups is 1. The van der Waals surface area contributed by atoms with Crippen LogP contribution in [0.1, 0.15) is 32.2 Å². The number of amides is 2. The first kappa shape index (κ1) is 17.9. The van der Waals surface area contributed by atoms with Gasteiger partial charge in [0.05, 0.1) is 0 Å². The van der Waals surface area contributed by atoms with Crippen molar-refractivity contribution in [1.82, 2.24) is 9.97 Å². The maximum Gasteiger partial charge on any atom is 0.362 e. The molecule has 0 aliphatic rings. The highest BCUT2D eigenvalue weighted by atomic mass is 32.2. The molecule has 0 aliphatic heterocycles. The van der Waals surface area contributed by atoms with Crippen molar-refractivity contribution in [2.24, 2.45) is 4.36 Å². The van der Waals surface area contributed by atoms with Gasteiger partial charge in [-0.3, -0.25) is 5.32 Å². The van der Waals surface area contributed by atoms with Gasteiger partial charge >= 0.3 is 16.5 Å². The Kier molecular flexibility index (Phi) is 8.77. The molecule has 0 aliphatic carbocycles. The summed E-state index contributed by atoms with van der Waals surface area (Å²) in [5.74, 6) is 0.0698. The summed E-state index contributed by atoms with van der Waals surface area (Å²) in [7, 11) is -2.78. The minimum atomic E-state index is -2.78. The summed E-state index contributed by atoms with van der Waals surface area (Å²) in [4.78, 5) is 19.2. The van der Waals surface area contributed by atoms with Crippen molar-refractivity contribution in [3.8, 4) is 0 Å². The van der Waals surface area contributed by atoms with E-state index >= 15 is 0 Å². The average molecular weight is 298 g/mol. The van der Waals surface area contributed by atoms with Gasteiger partial charge in [-0.15, -0.1) is 6.58 Å². The van der Waals surface area contributed by atoms with Gasteiger partial charge in [-0.25, -0.2) is 14.8 Å². The number of rotatable bonds is 3. The van der Waals surface area contributed by atoms with Gasteiger partial charge in [0.15, 0.2) is 0 Å². The minimum absolute atomic E-state index is 0.0698. The number of carbonyl (C=O) groups is 1. The first-order valence-corrected chi connectivity index (χ1v) is 7.05. The highest BCUT2D eigenvalue weighted by Gasteiger charge is 2.06. The standard InChI is InChI=1S/C9H12N4O3S.C3H6/c1-3-6-5-7(4-2)11-8(10-6)12-9(14)13-17(15)16;1-3-2/h5H,3-4H2,1-2H3,(H,10,11,12,14);3H,1H2,2H3. The van der Waals surface area contributed by atoms with Crippen molar-refractivity contribution in [2.45, 2.75) is 33.6 Å². The van der Waals surface area contributed by atoms with Crippen LogP contribution in [0.2, 0.25) is 0 Å². The molecular weight excluding hydrogens is 280 g/mol. The maximum absolute atomic E-state index is 11.1. The SMILES string of the molecule is C=CC.CCc1cc(CC)nc(NC(=O)N=S(=O)=O)n1. The van der Waals surface area contributed by atoms with E-state index in [1.807, 2.05) is 26.8 Å². The number of nitrogens with zero attached hydrogens (tertiary/aromatic N) is 3. The first-order valence-electron chi connectivity index (χ1n) is 6.02. The molecule has 1 aromatic rings. The molecule has 7 nitrogen and oxygen atoms in total. The lowest BCUT2D eigenvalue weighted by Crippen LogP contribution is -2.11. The molecule has 0 bridgehead atoms. The molecule has 0 saturated carbocycles. The van der Waals surface area contributed by atoms with E-state index in [0.29, 0.717) is 12.8 Å². The van der Waals surface area contributed by atoms with Crippen LogP contribution in [0.5, 0.6) is 0 Å². The zero-order valence-corrected chi connectivity index (χ0v) is 12.6. The molecule has 0 unspecified atom stereocenters. The molecule has 20 heavy (non-hydrogen) atoms. The van der Waals surface area contributed by atoms with E-state index in [1.165, 1.54) is 0 Å². The van der Waals surface area contributed by atoms with Crippen molar-refractivity contribution in [3.05, 3.63) is 30.1 Å². The molecule has 1 aromatic heterocycles. The molecule has 1 rings (SSSR count). The lowest BCUT2D eigenvalue weighted by atomic mass is 10.2. The van der Waals surface area contributed by atoms with Crippen molar-refractivity contribution in [2.75, 3.05) is 5.32 Å². The van der Waals surface area contributed by atoms with Crippen LogP contribution in [-0.4, -0.2) is 24.4 Å². The molecule has 0 fully saturated rings. The third-order valence-electron chi connectivity index (χ3n) is 1.93. The third kappa shape index (κ3) is 7.37. The number of aromatic nitrogens is 2. The molecule has 0 spiro atoms. The van der Waals surface area contributed by atoms with E-state index in [9.17, 15) is 13.2 Å². The van der Waals surface area contributed by atoms with Gasteiger partial charge < -0.3 is 0 Å². The van der Waals surface area contributed by atoms with Crippen molar-refractivity contribution >= 4 is 22.5 Å². The van der Waals surface area contributed by atoms with Gasteiger partial charge in [0.25, 0.3) is 0 Å². The Bertz CT molecular complexity index is 566. The van der Waals surface area contributed by atoms with Crippen molar-refractivity contribution < 1.29 is 13.2 Å². The molecule has 0 saturated heterocycles.